The van der Waals surface area contributed by atoms with E-state index in [9.17, 15) is 9.59 Å². The monoisotopic (exact) mass is 329 g/mol. The zero-order valence-electron chi connectivity index (χ0n) is 13.1. The standard InChI is InChI=1S/C17H19N3O4/c21-15(11-20-9-4-2-6-17(20)22)19-13-12-23-10-7-14(13)24-16-5-1-3-8-18-16/h1-6,8-9,13-14H,7,10-12H2,(H,19,21)/t13-,14-/m1/s1. The first-order valence-corrected chi connectivity index (χ1v) is 7.82. The molecule has 0 spiro atoms. The minimum absolute atomic E-state index is 0.0352. The molecule has 0 radical (unpaired) electrons. The molecule has 1 N–H and O–H groups in total. The van der Waals surface area contributed by atoms with Gasteiger partial charge >= 0.3 is 0 Å². The van der Waals surface area contributed by atoms with Gasteiger partial charge in [-0.3, -0.25) is 9.59 Å². The Labute approximate surface area is 139 Å². The van der Waals surface area contributed by atoms with Crippen LogP contribution in [0.15, 0.2) is 53.6 Å². The van der Waals surface area contributed by atoms with Gasteiger partial charge in [-0.05, 0) is 12.1 Å². The molecule has 24 heavy (non-hydrogen) atoms. The number of amides is 1. The summed E-state index contributed by atoms with van der Waals surface area (Å²) in [5.41, 5.74) is -0.214. The Morgan fingerprint density at radius 3 is 3.00 bits per heavy atom. The van der Waals surface area contributed by atoms with Gasteiger partial charge in [-0.25, -0.2) is 4.98 Å². The predicted molar refractivity (Wildman–Crippen MR) is 86.7 cm³/mol. The summed E-state index contributed by atoms with van der Waals surface area (Å²) in [6, 6.07) is 9.92. The Balaban J connectivity index is 1.62. The zero-order chi connectivity index (χ0) is 16.8. The van der Waals surface area contributed by atoms with Crippen LogP contribution >= 0.6 is 0 Å². The van der Waals surface area contributed by atoms with Crippen LogP contribution < -0.4 is 15.6 Å². The second-order valence-corrected chi connectivity index (χ2v) is 5.53. The molecule has 0 aromatic carbocycles. The van der Waals surface area contributed by atoms with Gasteiger partial charge in [0.05, 0.1) is 19.3 Å². The summed E-state index contributed by atoms with van der Waals surface area (Å²) in [6.45, 7) is 0.904. The van der Waals surface area contributed by atoms with Crippen LogP contribution in [-0.2, 0) is 16.1 Å². The van der Waals surface area contributed by atoms with Gasteiger partial charge in [-0.2, -0.15) is 0 Å². The van der Waals surface area contributed by atoms with E-state index in [2.05, 4.69) is 10.3 Å². The largest absolute Gasteiger partial charge is 0.472 e. The highest BCUT2D eigenvalue weighted by molar-refractivity contribution is 5.76. The topological polar surface area (TPSA) is 82.5 Å². The third-order valence-electron chi connectivity index (χ3n) is 3.76. The summed E-state index contributed by atoms with van der Waals surface area (Å²) in [4.78, 5) is 28.1. The fourth-order valence-corrected chi connectivity index (χ4v) is 2.56. The highest BCUT2D eigenvalue weighted by Gasteiger charge is 2.29. The maximum Gasteiger partial charge on any atom is 0.250 e. The van der Waals surface area contributed by atoms with Crippen molar-refractivity contribution in [1.29, 1.82) is 0 Å². The molecule has 1 fully saturated rings. The molecule has 2 aromatic heterocycles. The first kappa shape index (κ1) is 16.2. The number of hydrogen-bond acceptors (Lipinski definition) is 5. The fraction of sp³-hybridized carbons (Fsp3) is 0.353. The number of pyridine rings is 2. The molecule has 2 aromatic rings. The molecule has 7 heteroatoms. The van der Waals surface area contributed by atoms with E-state index in [-0.39, 0.29) is 30.2 Å². The molecular weight excluding hydrogens is 310 g/mol. The Hall–Kier alpha value is -2.67. The van der Waals surface area contributed by atoms with Gasteiger partial charge in [0.25, 0.3) is 5.56 Å². The highest BCUT2D eigenvalue weighted by atomic mass is 16.5. The van der Waals surface area contributed by atoms with Crippen molar-refractivity contribution in [3.63, 3.8) is 0 Å². The van der Waals surface area contributed by atoms with Gasteiger partial charge in [-0.1, -0.05) is 12.1 Å². The van der Waals surface area contributed by atoms with Crippen molar-refractivity contribution in [2.24, 2.45) is 0 Å². The van der Waals surface area contributed by atoms with Gasteiger partial charge in [0.15, 0.2) is 0 Å². The first-order chi connectivity index (χ1) is 11.7. The molecule has 126 valence electrons. The van der Waals surface area contributed by atoms with Crippen molar-refractivity contribution in [1.82, 2.24) is 14.9 Å². The summed E-state index contributed by atoms with van der Waals surface area (Å²) in [6.07, 6.45) is 3.68. The van der Waals surface area contributed by atoms with E-state index in [4.69, 9.17) is 9.47 Å². The fourth-order valence-electron chi connectivity index (χ4n) is 2.56. The number of carbonyl (C=O) groups is 1. The molecule has 1 aliphatic rings. The van der Waals surface area contributed by atoms with Crippen molar-refractivity contribution in [2.45, 2.75) is 25.1 Å². The minimum Gasteiger partial charge on any atom is -0.472 e. The van der Waals surface area contributed by atoms with E-state index in [1.807, 2.05) is 12.1 Å². The maximum absolute atomic E-state index is 12.2. The predicted octanol–water partition coefficient (Wildman–Crippen LogP) is 0.596. The number of aromatic nitrogens is 2. The number of rotatable bonds is 5. The van der Waals surface area contributed by atoms with E-state index in [1.54, 1.807) is 30.6 Å². The van der Waals surface area contributed by atoms with Crippen LogP contribution in [0.5, 0.6) is 5.88 Å². The van der Waals surface area contributed by atoms with Crippen LogP contribution in [0.4, 0.5) is 0 Å². The zero-order valence-corrected chi connectivity index (χ0v) is 13.1. The number of nitrogens with one attached hydrogen (secondary N) is 1. The molecule has 0 unspecified atom stereocenters. The Bertz CT molecular complexity index is 732. The SMILES string of the molecule is O=C(Cn1ccccc1=O)N[C@@H]1COCC[C@H]1Oc1ccccn1. The van der Waals surface area contributed by atoms with Gasteiger partial charge in [0.2, 0.25) is 11.8 Å². The lowest BCUT2D eigenvalue weighted by Crippen LogP contribution is -2.52. The van der Waals surface area contributed by atoms with Crippen molar-refractivity contribution in [3.8, 4) is 5.88 Å². The normalized spacial score (nSPS) is 20.3. The summed E-state index contributed by atoms with van der Waals surface area (Å²) in [5, 5.41) is 2.89. The number of nitrogens with zero attached hydrogens (tertiary/aromatic N) is 2. The summed E-state index contributed by atoms with van der Waals surface area (Å²) in [5.74, 6) is 0.261. The Morgan fingerprint density at radius 2 is 2.21 bits per heavy atom. The summed E-state index contributed by atoms with van der Waals surface area (Å²) >= 11 is 0. The Morgan fingerprint density at radius 1 is 1.33 bits per heavy atom. The summed E-state index contributed by atoms with van der Waals surface area (Å²) < 4.78 is 12.7. The number of ether oxygens (including phenoxy) is 2. The lowest BCUT2D eigenvalue weighted by molar-refractivity contribution is -0.125. The van der Waals surface area contributed by atoms with Crippen molar-refractivity contribution in [2.75, 3.05) is 13.2 Å². The van der Waals surface area contributed by atoms with E-state index in [0.717, 1.165) is 0 Å². The molecule has 7 nitrogen and oxygen atoms in total. The lowest BCUT2D eigenvalue weighted by Gasteiger charge is -2.32. The maximum atomic E-state index is 12.2. The second-order valence-electron chi connectivity index (χ2n) is 5.53. The molecule has 3 heterocycles. The van der Waals surface area contributed by atoms with Crippen LogP contribution in [0.2, 0.25) is 0 Å². The van der Waals surface area contributed by atoms with Gasteiger partial charge in [0, 0.05) is 30.9 Å². The van der Waals surface area contributed by atoms with Crippen LogP contribution in [-0.4, -0.2) is 40.8 Å². The van der Waals surface area contributed by atoms with Crippen LogP contribution in [0.3, 0.4) is 0 Å². The average molecular weight is 329 g/mol. The highest BCUT2D eigenvalue weighted by Crippen LogP contribution is 2.15. The first-order valence-electron chi connectivity index (χ1n) is 7.82. The van der Waals surface area contributed by atoms with Crippen molar-refractivity contribution in [3.05, 3.63) is 59.1 Å². The minimum atomic E-state index is -0.285. The molecule has 0 saturated carbocycles. The van der Waals surface area contributed by atoms with Gasteiger partial charge < -0.3 is 19.4 Å². The van der Waals surface area contributed by atoms with Crippen LogP contribution in [0, 0.1) is 0 Å². The lowest BCUT2D eigenvalue weighted by atomic mass is 10.1. The third kappa shape index (κ3) is 4.20. The molecule has 1 saturated heterocycles. The molecule has 2 atom stereocenters. The molecule has 0 bridgehead atoms. The van der Waals surface area contributed by atoms with Crippen LogP contribution in [0.1, 0.15) is 6.42 Å². The van der Waals surface area contributed by atoms with Gasteiger partial charge in [0.1, 0.15) is 12.6 Å². The molecule has 1 aliphatic heterocycles. The van der Waals surface area contributed by atoms with Crippen LogP contribution in [0.25, 0.3) is 0 Å². The summed E-state index contributed by atoms with van der Waals surface area (Å²) in [7, 11) is 0. The third-order valence-corrected chi connectivity index (χ3v) is 3.76. The van der Waals surface area contributed by atoms with E-state index < -0.39 is 0 Å². The Kier molecular flexibility index (Phi) is 5.22. The molecule has 3 rings (SSSR count). The number of carbonyl (C=O) groups excluding carboxylic acids is 1. The van der Waals surface area contributed by atoms with Crippen molar-refractivity contribution >= 4 is 5.91 Å². The average Bonchev–Trinajstić information content (AvgIpc) is 2.60. The van der Waals surface area contributed by atoms with Crippen molar-refractivity contribution < 1.29 is 14.3 Å². The molecular formula is C17H19N3O4. The quantitative estimate of drug-likeness (QED) is 0.868. The smallest absolute Gasteiger partial charge is 0.250 e. The van der Waals surface area contributed by atoms with Gasteiger partial charge in [-0.15, -0.1) is 0 Å². The molecule has 0 aliphatic carbocycles. The second kappa shape index (κ2) is 7.74. The van der Waals surface area contributed by atoms with E-state index in [0.29, 0.717) is 25.5 Å². The number of hydrogen-bond donors (Lipinski definition) is 1. The van der Waals surface area contributed by atoms with E-state index >= 15 is 0 Å². The van der Waals surface area contributed by atoms with E-state index in [1.165, 1.54) is 10.6 Å². The molecule has 1 amide bonds.